The van der Waals surface area contributed by atoms with Gasteiger partial charge in [-0.15, -0.1) is 0 Å². The summed E-state index contributed by atoms with van der Waals surface area (Å²) >= 11 is 0. The second kappa shape index (κ2) is 5.42. The van der Waals surface area contributed by atoms with Crippen molar-refractivity contribution >= 4 is 17.8 Å². The monoisotopic (exact) mass is 263 g/mol. The average molecular weight is 263 g/mol. The number of carbonyl (C=O) groups is 3. The molecule has 3 N–H and O–H groups in total. The molecule has 8 heteroatoms. The lowest BCUT2D eigenvalue weighted by Crippen LogP contribution is -2.36. The van der Waals surface area contributed by atoms with Gasteiger partial charge in [0.1, 0.15) is 6.04 Å². The number of hydrogen-bond acceptors (Lipinski definition) is 5. The molecular weight excluding hydrogens is 250 g/mol. The summed E-state index contributed by atoms with van der Waals surface area (Å²) in [6.07, 6.45) is 3.07. The van der Waals surface area contributed by atoms with Crippen LogP contribution in [0, 0.1) is 6.92 Å². The molecule has 4 amide bonds. The first-order valence-corrected chi connectivity index (χ1v) is 5.70. The molecule has 0 spiro atoms. The molecule has 0 bridgehead atoms. The fourth-order valence-electron chi connectivity index (χ4n) is 1.56. The maximum absolute atomic E-state index is 11.6. The molecule has 1 aliphatic rings. The van der Waals surface area contributed by atoms with E-state index >= 15 is 0 Å². The highest BCUT2D eigenvalue weighted by molar-refractivity contribution is 6.05. The molecule has 19 heavy (non-hydrogen) atoms. The Bertz CT molecular complexity index is 514. The normalized spacial score (nSPS) is 17.8. The van der Waals surface area contributed by atoms with E-state index in [9.17, 15) is 14.4 Å². The van der Waals surface area contributed by atoms with Crippen molar-refractivity contribution in [3.63, 3.8) is 0 Å². The summed E-state index contributed by atoms with van der Waals surface area (Å²) in [5.41, 5.74) is 1.42. The standard InChI is InChI=1S/C11H13N5O3/c1-6-3-13-7(4-12-6)5-14-9(17)2-8-10(18)16-11(19)15-8/h3-4,8H,2,5H2,1H3,(H,14,17)(H2,15,16,18,19). The predicted molar refractivity (Wildman–Crippen MR) is 63.7 cm³/mol. The highest BCUT2D eigenvalue weighted by Gasteiger charge is 2.31. The SMILES string of the molecule is Cc1cnc(CNC(=O)CC2NC(=O)NC2=O)cn1. The molecule has 1 fully saturated rings. The van der Waals surface area contributed by atoms with Gasteiger partial charge in [0.25, 0.3) is 5.91 Å². The van der Waals surface area contributed by atoms with Crippen LogP contribution in [0.25, 0.3) is 0 Å². The predicted octanol–water partition coefficient (Wildman–Crippen LogP) is -1.00. The van der Waals surface area contributed by atoms with E-state index in [-0.39, 0.29) is 18.9 Å². The zero-order valence-corrected chi connectivity index (χ0v) is 10.3. The van der Waals surface area contributed by atoms with Crippen molar-refractivity contribution in [3.05, 3.63) is 23.8 Å². The fraction of sp³-hybridized carbons (Fsp3) is 0.364. The Kier molecular flexibility index (Phi) is 3.69. The van der Waals surface area contributed by atoms with Gasteiger partial charge < -0.3 is 10.6 Å². The van der Waals surface area contributed by atoms with Crippen LogP contribution in [0.4, 0.5) is 4.79 Å². The summed E-state index contributed by atoms with van der Waals surface area (Å²) in [5, 5.41) is 7.02. The molecular formula is C11H13N5O3. The number of urea groups is 1. The summed E-state index contributed by atoms with van der Waals surface area (Å²) in [4.78, 5) is 41.8. The second-order valence-corrected chi connectivity index (χ2v) is 4.15. The minimum Gasteiger partial charge on any atom is -0.350 e. The third-order valence-electron chi connectivity index (χ3n) is 2.55. The smallest absolute Gasteiger partial charge is 0.322 e. The Labute approximate surface area is 109 Å². The Morgan fingerprint density at radius 2 is 2.16 bits per heavy atom. The van der Waals surface area contributed by atoms with Crippen molar-refractivity contribution in [2.45, 2.75) is 25.9 Å². The molecule has 1 aliphatic heterocycles. The number of nitrogens with zero attached hydrogens (tertiary/aromatic N) is 2. The van der Waals surface area contributed by atoms with E-state index in [1.807, 2.05) is 6.92 Å². The van der Waals surface area contributed by atoms with Gasteiger partial charge in [-0.25, -0.2) is 4.79 Å². The lowest BCUT2D eigenvalue weighted by molar-refractivity contribution is -0.126. The van der Waals surface area contributed by atoms with Crippen molar-refractivity contribution in [1.82, 2.24) is 25.9 Å². The van der Waals surface area contributed by atoms with Gasteiger partial charge in [0.05, 0.1) is 30.6 Å². The van der Waals surface area contributed by atoms with Crippen LogP contribution in [0.2, 0.25) is 0 Å². The molecule has 100 valence electrons. The highest BCUT2D eigenvalue weighted by atomic mass is 16.2. The molecule has 1 saturated heterocycles. The minimum atomic E-state index is -0.809. The zero-order valence-electron chi connectivity index (χ0n) is 10.3. The van der Waals surface area contributed by atoms with E-state index < -0.39 is 18.0 Å². The molecule has 8 nitrogen and oxygen atoms in total. The maximum atomic E-state index is 11.6. The van der Waals surface area contributed by atoms with Crippen LogP contribution in [0.15, 0.2) is 12.4 Å². The largest absolute Gasteiger partial charge is 0.350 e. The summed E-state index contributed by atoms with van der Waals surface area (Å²) in [6, 6.07) is -1.39. The lowest BCUT2D eigenvalue weighted by Gasteiger charge is -2.07. The van der Waals surface area contributed by atoms with Crippen LogP contribution in [-0.2, 0) is 16.1 Å². The van der Waals surface area contributed by atoms with E-state index in [1.54, 1.807) is 12.4 Å². The third-order valence-corrected chi connectivity index (χ3v) is 2.55. The molecule has 1 aromatic heterocycles. The van der Waals surface area contributed by atoms with Gasteiger partial charge in [0, 0.05) is 6.20 Å². The maximum Gasteiger partial charge on any atom is 0.322 e. The van der Waals surface area contributed by atoms with E-state index in [0.29, 0.717) is 5.69 Å². The van der Waals surface area contributed by atoms with Crippen LogP contribution in [0.3, 0.4) is 0 Å². The van der Waals surface area contributed by atoms with Gasteiger partial charge in [-0.2, -0.15) is 0 Å². The number of carbonyl (C=O) groups excluding carboxylic acids is 3. The van der Waals surface area contributed by atoms with Crippen molar-refractivity contribution < 1.29 is 14.4 Å². The summed E-state index contributed by atoms with van der Waals surface area (Å²) in [6.45, 7) is 2.05. The molecule has 1 aromatic rings. The fourth-order valence-corrected chi connectivity index (χ4v) is 1.56. The second-order valence-electron chi connectivity index (χ2n) is 4.15. The lowest BCUT2D eigenvalue weighted by atomic mass is 10.2. The summed E-state index contributed by atoms with van der Waals surface area (Å²) in [5.74, 6) is -0.833. The first kappa shape index (κ1) is 12.9. The summed E-state index contributed by atoms with van der Waals surface area (Å²) < 4.78 is 0. The highest BCUT2D eigenvalue weighted by Crippen LogP contribution is 1.99. The van der Waals surface area contributed by atoms with Crippen LogP contribution >= 0.6 is 0 Å². The number of aromatic nitrogens is 2. The first-order valence-electron chi connectivity index (χ1n) is 5.70. The number of nitrogens with one attached hydrogen (secondary N) is 3. The molecule has 1 unspecified atom stereocenters. The Morgan fingerprint density at radius 1 is 1.37 bits per heavy atom. The van der Waals surface area contributed by atoms with Crippen molar-refractivity contribution in [2.75, 3.05) is 0 Å². The van der Waals surface area contributed by atoms with Crippen LogP contribution in [-0.4, -0.2) is 33.9 Å². The van der Waals surface area contributed by atoms with Crippen molar-refractivity contribution in [2.24, 2.45) is 0 Å². The van der Waals surface area contributed by atoms with Gasteiger partial charge >= 0.3 is 6.03 Å². The molecule has 2 rings (SSSR count). The van der Waals surface area contributed by atoms with Crippen molar-refractivity contribution in [3.8, 4) is 0 Å². The molecule has 0 aliphatic carbocycles. The van der Waals surface area contributed by atoms with Gasteiger partial charge in [0.15, 0.2) is 0 Å². The Hall–Kier alpha value is -2.51. The van der Waals surface area contributed by atoms with Gasteiger partial charge in [0.2, 0.25) is 5.91 Å². The first-order chi connectivity index (χ1) is 9.04. The third kappa shape index (κ3) is 3.47. The topological polar surface area (TPSA) is 113 Å². The van der Waals surface area contributed by atoms with Crippen LogP contribution in [0.5, 0.6) is 0 Å². The van der Waals surface area contributed by atoms with E-state index in [2.05, 4.69) is 25.9 Å². The van der Waals surface area contributed by atoms with Gasteiger partial charge in [-0.1, -0.05) is 0 Å². The van der Waals surface area contributed by atoms with E-state index in [0.717, 1.165) is 5.69 Å². The van der Waals surface area contributed by atoms with Gasteiger partial charge in [-0.3, -0.25) is 24.9 Å². The number of aryl methyl sites for hydroxylation is 1. The van der Waals surface area contributed by atoms with Gasteiger partial charge in [-0.05, 0) is 6.92 Å². The molecule has 0 saturated carbocycles. The number of hydrogen-bond donors (Lipinski definition) is 3. The quantitative estimate of drug-likeness (QED) is 0.603. The van der Waals surface area contributed by atoms with E-state index in [4.69, 9.17) is 0 Å². The Morgan fingerprint density at radius 3 is 2.74 bits per heavy atom. The molecule has 0 aromatic carbocycles. The number of imide groups is 1. The molecule has 0 radical (unpaired) electrons. The molecule has 1 atom stereocenters. The average Bonchev–Trinajstić information content (AvgIpc) is 2.67. The van der Waals surface area contributed by atoms with E-state index in [1.165, 1.54) is 0 Å². The minimum absolute atomic E-state index is 0.100. The summed E-state index contributed by atoms with van der Waals surface area (Å²) in [7, 11) is 0. The number of amides is 4. The van der Waals surface area contributed by atoms with Crippen LogP contribution < -0.4 is 16.0 Å². The van der Waals surface area contributed by atoms with Crippen LogP contribution in [0.1, 0.15) is 17.8 Å². The molecule has 2 heterocycles. The zero-order chi connectivity index (χ0) is 13.8. The number of rotatable bonds is 4. The van der Waals surface area contributed by atoms with Crippen molar-refractivity contribution in [1.29, 1.82) is 0 Å². The Balaban J connectivity index is 1.80.